The summed E-state index contributed by atoms with van der Waals surface area (Å²) in [5, 5.41) is 3.85. The van der Waals surface area contributed by atoms with Gasteiger partial charge in [0.1, 0.15) is 5.82 Å². The smallest absolute Gasteiger partial charge is 0.313 e. The van der Waals surface area contributed by atoms with Crippen LogP contribution in [0, 0.1) is 5.92 Å². The van der Waals surface area contributed by atoms with Crippen LogP contribution in [0.4, 0.5) is 11.5 Å². The van der Waals surface area contributed by atoms with Crippen molar-refractivity contribution in [2.45, 2.75) is 57.9 Å². The highest BCUT2D eigenvalue weighted by Crippen LogP contribution is 2.35. The SMILES string of the molecule is CCc1cc(NC(=O)C(=O)N2C[C@@H](C)CC[C@@H]2c2ccc3cc(C4CCN(C)CC4)cnc3c2)cnc1N. The molecule has 3 aromatic rings. The van der Waals surface area contributed by atoms with E-state index in [4.69, 9.17) is 10.7 Å². The van der Waals surface area contributed by atoms with Gasteiger partial charge in [-0.3, -0.25) is 14.6 Å². The number of nitrogens with two attached hydrogens (primary N) is 1. The molecule has 2 aliphatic heterocycles. The number of piperidine rings is 2. The topological polar surface area (TPSA) is 104 Å². The fourth-order valence-corrected chi connectivity index (χ4v) is 5.84. The third kappa shape index (κ3) is 5.50. The molecule has 0 bridgehead atoms. The Kier molecular flexibility index (Phi) is 7.61. The molecule has 5 rings (SSSR count). The van der Waals surface area contributed by atoms with E-state index in [1.54, 1.807) is 11.0 Å². The molecule has 3 N–H and O–H groups in total. The van der Waals surface area contributed by atoms with Crippen LogP contribution in [0.15, 0.2) is 42.7 Å². The van der Waals surface area contributed by atoms with Crippen molar-refractivity contribution in [3.8, 4) is 0 Å². The number of likely N-dealkylation sites (tertiary alicyclic amines) is 2. The van der Waals surface area contributed by atoms with Gasteiger partial charge in [0.05, 0.1) is 23.4 Å². The molecular weight excluding hydrogens is 476 g/mol. The lowest BCUT2D eigenvalue weighted by Gasteiger charge is -2.38. The van der Waals surface area contributed by atoms with Gasteiger partial charge >= 0.3 is 11.8 Å². The van der Waals surface area contributed by atoms with Crippen molar-refractivity contribution in [3.63, 3.8) is 0 Å². The molecule has 2 aliphatic rings. The lowest BCUT2D eigenvalue weighted by Crippen LogP contribution is -2.46. The summed E-state index contributed by atoms with van der Waals surface area (Å²) < 4.78 is 0. The maximum atomic E-state index is 13.4. The monoisotopic (exact) mass is 514 g/mol. The number of rotatable bonds is 4. The summed E-state index contributed by atoms with van der Waals surface area (Å²) >= 11 is 0. The number of nitrogens with zero attached hydrogens (tertiary/aromatic N) is 4. The molecule has 0 saturated carbocycles. The van der Waals surface area contributed by atoms with E-state index < -0.39 is 11.8 Å². The van der Waals surface area contributed by atoms with Crippen LogP contribution >= 0.6 is 0 Å². The van der Waals surface area contributed by atoms with Crippen molar-refractivity contribution in [3.05, 3.63) is 59.4 Å². The van der Waals surface area contributed by atoms with Gasteiger partial charge in [-0.1, -0.05) is 26.0 Å². The van der Waals surface area contributed by atoms with Gasteiger partial charge < -0.3 is 20.9 Å². The Balaban J connectivity index is 1.35. The second kappa shape index (κ2) is 11.1. The number of nitrogens with one attached hydrogen (secondary N) is 1. The molecule has 2 atom stereocenters. The van der Waals surface area contributed by atoms with E-state index in [-0.39, 0.29) is 6.04 Å². The zero-order chi connectivity index (χ0) is 26.8. The highest BCUT2D eigenvalue weighted by molar-refractivity contribution is 6.39. The lowest BCUT2D eigenvalue weighted by molar-refractivity contribution is -0.146. The molecule has 2 amide bonds. The molecule has 1 aromatic carbocycles. The molecular formula is C30H38N6O2. The van der Waals surface area contributed by atoms with Crippen molar-refractivity contribution in [1.82, 2.24) is 19.8 Å². The molecule has 2 saturated heterocycles. The third-order valence-electron chi connectivity index (χ3n) is 8.22. The first kappa shape index (κ1) is 26.1. The van der Waals surface area contributed by atoms with Gasteiger partial charge in [0.2, 0.25) is 0 Å². The van der Waals surface area contributed by atoms with Crippen LogP contribution in [0.3, 0.4) is 0 Å². The Hall–Kier alpha value is -3.52. The van der Waals surface area contributed by atoms with Gasteiger partial charge in [-0.25, -0.2) is 4.98 Å². The van der Waals surface area contributed by atoms with Gasteiger partial charge in [0, 0.05) is 18.1 Å². The number of fused-ring (bicyclic) bond motifs is 1. The number of pyridine rings is 2. The number of anilines is 2. The van der Waals surface area contributed by atoms with E-state index in [9.17, 15) is 9.59 Å². The van der Waals surface area contributed by atoms with E-state index in [1.165, 1.54) is 11.8 Å². The molecule has 38 heavy (non-hydrogen) atoms. The van der Waals surface area contributed by atoms with Crippen molar-refractivity contribution in [1.29, 1.82) is 0 Å². The van der Waals surface area contributed by atoms with E-state index in [2.05, 4.69) is 53.4 Å². The summed E-state index contributed by atoms with van der Waals surface area (Å²) in [6.45, 7) is 6.87. The highest BCUT2D eigenvalue weighted by atomic mass is 16.2. The van der Waals surface area contributed by atoms with Gasteiger partial charge in [-0.15, -0.1) is 0 Å². The molecule has 8 nitrogen and oxygen atoms in total. The Labute approximate surface area is 224 Å². The fourth-order valence-electron chi connectivity index (χ4n) is 5.84. The Morgan fingerprint density at radius 3 is 2.58 bits per heavy atom. The Bertz CT molecular complexity index is 1330. The Morgan fingerprint density at radius 1 is 1.03 bits per heavy atom. The average molecular weight is 515 g/mol. The molecule has 0 unspecified atom stereocenters. The quantitative estimate of drug-likeness (QED) is 0.496. The fraction of sp³-hybridized carbons (Fsp3) is 0.467. The van der Waals surface area contributed by atoms with Crippen LogP contribution in [0.5, 0.6) is 0 Å². The summed E-state index contributed by atoms with van der Waals surface area (Å²) in [5.74, 6) is 0.133. The molecule has 0 radical (unpaired) electrons. The lowest BCUT2D eigenvalue weighted by atomic mass is 9.88. The van der Waals surface area contributed by atoms with Crippen LogP contribution in [0.2, 0.25) is 0 Å². The van der Waals surface area contributed by atoms with Crippen molar-refractivity contribution in [2.24, 2.45) is 5.92 Å². The van der Waals surface area contributed by atoms with Crippen molar-refractivity contribution >= 4 is 34.2 Å². The number of carbonyl (C=O) groups excluding carboxylic acids is 2. The average Bonchev–Trinajstić information content (AvgIpc) is 2.93. The number of nitrogen functional groups attached to an aromatic ring is 1. The molecule has 200 valence electrons. The van der Waals surface area contributed by atoms with E-state index >= 15 is 0 Å². The predicted molar refractivity (Wildman–Crippen MR) is 151 cm³/mol. The first-order valence-corrected chi connectivity index (χ1v) is 13.8. The summed E-state index contributed by atoms with van der Waals surface area (Å²) in [7, 11) is 2.18. The van der Waals surface area contributed by atoms with E-state index in [0.717, 1.165) is 60.8 Å². The zero-order valence-electron chi connectivity index (χ0n) is 22.6. The highest BCUT2D eigenvalue weighted by Gasteiger charge is 2.34. The van der Waals surface area contributed by atoms with Crippen LogP contribution in [0.25, 0.3) is 10.9 Å². The predicted octanol–water partition coefficient (Wildman–Crippen LogP) is 4.52. The number of hydrogen-bond acceptors (Lipinski definition) is 6. The number of benzene rings is 1. The minimum absolute atomic E-state index is 0.167. The summed E-state index contributed by atoms with van der Waals surface area (Å²) in [4.78, 5) is 39.5. The van der Waals surface area contributed by atoms with Gasteiger partial charge in [0.25, 0.3) is 0 Å². The molecule has 0 spiro atoms. The Morgan fingerprint density at radius 2 is 1.82 bits per heavy atom. The van der Waals surface area contributed by atoms with Crippen LogP contribution in [0.1, 0.15) is 68.2 Å². The summed E-state index contributed by atoms with van der Waals surface area (Å²) in [6, 6.07) is 10.2. The standard InChI is InChI=1S/C30H38N6O2/c1-4-20-14-25(17-33-28(20)31)34-29(37)30(38)36-18-19(2)5-8-27(36)23-7-6-22-13-24(16-32-26(22)15-23)21-9-11-35(3)12-10-21/h6-7,13-17,19,21,27H,4-5,8-12,18H2,1-3H3,(H2,31,33)(H,34,37)/t19-,27+/m0/s1. The third-order valence-corrected chi connectivity index (χ3v) is 8.22. The van der Waals surface area contributed by atoms with Gasteiger partial charge in [-0.05, 0) is 99.0 Å². The number of carbonyl (C=O) groups is 2. The van der Waals surface area contributed by atoms with Crippen molar-refractivity contribution < 1.29 is 9.59 Å². The van der Waals surface area contributed by atoms with E-state index in [0.29, 0.717) is 36.3 Å². The normalized spacial score (nSPS) is 21.0. The minimum atomic E-state index is -0.653. The van der Waals surface area contributed by atoms with Crippen LogP contribution in [-0.2, 0) is 16.0 Å². The second-order valence-corrected chi connectivity index (χ2v) is 11.0. The van der Waals surface area contributed by atoms with Crippen molar-refractivity contribution in [2.75, 3.05) is 37.7 Å². The van der Waals surface area contributed by atoms with Gasteiger partial charge in [0.15, 0.2) is 0 Å². The maximum absolute atomic E-state index is 13.4. The number of aryl methyl sites for hydroxylation is 1. The van der Waals surface area contributed by atoms with E-state index in [1.807, 2.05) is 13.1 Å². The number of amides is 2. The largest absolute Gasteiger partial charge is 0.383 e. The second-order valence-electron chi connectivity index (χ2n) is 11.0. The summed E-state index contributed by atoms with van der Waals surface area (Å²) in [6.07, 6.45) is 8.33. The minimum Gasteiger partial charge on any atom is -0.383 e. The first-order chi connectivity index (χ1) is 18.3. The van der Waals surface area contributed by atoms with Gasteiger partial charge in [-0.2, -0.15) is 0 Å². The van der Waals surface area contributed by atoms with Crippen LogP contribution in [-0.4, -0.2) is 58.3 Å². The number of aromatic nitrogens is 2. The maximum Gasteiger partial charge on any atom is 0.313 e. The van der Waals surface area contributed by atoms with Crippen LogP contribution < -0.4 is 11.1 Å². The molecule has 2 aromatic heterocycles. The zero-order valence-corrected chi connectivity index (χ0v) is 22.6. The first-order valence-electron chi connectivity index (χ1n) is 13.8. The number of hydrogen-bond donors (Lipinski definition) is 2. The molecule has 2 fully saturated rings. The summed E-state index contributed by atoms with van der Waals surface area (Å²) in [5.41, 5.74) is 10.5. The molecule has 8 heteroatoms. The molecule has 0 aliphatic carbocycles. The molecule has 4 heterocycles.